The summed E-state index contributed by atoms with van der Waals surface area (Å²) in [6.45, 7) is 1.00. The maximum Gasteiger partial charge on any atom is 0.247 e. The molecule has 216 valence electrons. The molecule has 2 N–H and O–H groups in total. The second-order valence-electron chi connectivity index (χ2n) is 10.4. The molecule has 42 heavy (non-hydrogen) atoms. The first-order valence-electron chi connectivity index (χ1n) is 13.4. The van der Waals surface area contributed by atoms with Gasteiger partial charge < -0.3 is 19.9 Å². The molecule has 3 aliphatic heterocycles. The smallest absolute Gasteiger partial charge is 0.247 e. The highest BCUT2D eigenvalue weighted by molar-refractivity contribution is 6.31. The Labute approximate surface area is 241 Å². The number of aromatic amines is 1. The van der Waals surface area contributed by atoms with Gasteiger partial charge in [0.25, 0.3) is 0 Å². The van der Waals surface area contributed by atoms with Crippen LogP contribution in [-0.4, -0.2) is 71.3 Å². The van der Waals surface area contributed by atoms with E-state index in [-0.39, 0.29) is 51.5 Å². The molecule has 3 aromatic heterocycles. The number of nitrogens with zero attached hydrogens (tertiary/aromatic N) is 7. The Bertz CT molecular complexity index is 1710. The topological polar surface area (TPSA) is 127 Å². The quantitative estimate of drug-likeness (QED) is 0.338. The van der Waals surface area contributed by atoms with E-state index in [0.717, 1.165) is 0 Å². The number of aromatic nitrogens is 7. The van der Waals surface area contributed by atoms with Gasteiger partial charge in [0.1, 0.15) is 17.8 Å². The lowest BCUT2D eigenvalue weighted by Gasteiger charge is -2.33. The number of hydrogen-bond donors (Lipinski definition) is 2. The number of anilines is 1. The molecule has 1 unspecified atom stereocenters. The summed E-state index contributed by atoms with van der Waals surface area (Å²) < 4.78 is 52.6. The van der Waals surface area contributed by atoms with Gasteiger partial charge in [0.15, 0.2) is 17.5 Å². The number of ether oxygens (including phenoxy) is 1. The summed E-state index contributed by atoms with van der Waals surface area (Å²) in [4.78, 5) is 26.1. The fraction of sp³-hybridized carbons (Fsp3) is 0.333. The van der Waals surface area contributed by atoms with Crippen LogP contribution in [0.4, 0.5) is 19.0 Å². The van der Waals surface area contributed by atoms with Crippen LogP contribution in [0.15, 0.2) is 36.8 Å². The highest BCUT2D eigenvalue weighted by Gasteiger charge is 2.42. The predicted molar refractivity (Wildman–Crippen MR) is 144 cm³/mol. The third kappa shape index (κ3) is 4.50. The van der Waals surface area contributed by atoms with Gasteiger partial charge in [-0.25, -0.2) is 18.7 Å². The molecule has 0 spiro atoms. The summed E-state index contributed by atoms with van der Waals surface area (Å²) in [5.74, 6) is -2.47. The molecule has 7 rings (SSSR count). The van der Waals surface area contributed by atoms with E-state index in [9.17, 15) is 4.79 Å². The normalized spacial score (nSPS) is 22.0. The standard InChI is InChI=1S/C27H23ClF3N9O2/c28-17-2-4-18(39-12-33-37-38-39)21(23(17)30)13-9-15-1-3-19(40(15)20(41)10-13)26-35-24(25(31)36-26)16-5-7-32-27(22(16)29)34-14-6-8-42-11-14/h2,4-5,7,10,12,14-15,19H,1,3,6,8-9,11H2,(H,32,34)(H,35,36)/t14-,15?,19+/m0/s1. The van der Waals surface area contributed by atoms with Crippen LogP contribution >= 0.6 is 11.6 Å². The van der Waals surface area contributed by atoms with Gasteiger partial charge in [0.05, 0.1) is 29.4 Å². The average molecular weight is 598 g/mol. The fourth-order valence-corrected chi connectivity index (χ4v) is 6.15. The number of fused-ring (bicyclic) bond motifs is 1. The van der Waals surface area contributed by atoms with E-state index in [1.165, 1.54) is 35.4 Å². The van der Waals surface area contributed by atoms with Crippen LogP contribution in [0.25, 0.3) is 22.5 Å². The number of tetrazole rings is 1. The average Bonchev–Trinajstić information content (AvgIpc) is 3.79. The van der Waals surface area contributed by atoms with Gasteiger partial charge in [-0.1, -0.05) is 11.6 Å². The zero-order valence-electron chi connectivity index (χ0n) is 21.9. The number of amides is 1. The molecule has 11 nitrogen and oxygen atoms in total. The number of halogens is 4. The molecule has 15 heteroatoms. The van der Waals surface area contributed by atoms with Crippen LogP contribution in [0.1, 0.15) is 43.1 Å². The van der Waals surface area contributed by atoms with E-state index in [2.05, 4.69) is 35.8 Å². The van der Waals surface area contributed by atoms with Gasteiger partial charge in [0.2, 0.25) is 11.9 Å². The largest absolute Gasteiger partial charge is 0.379 e. The number of H-pyrrole nitrogens is 1. The maximum absolute atomic E-state index is 15.4. The molecule has 0 saturated carbocycles. The van der Waals surface area contributed by atoms with Crippen molar-refractivity contribution in [2.45, 2.75) is 43.8 Å². The number of hydrogen-bond acceptors (Lipinski definition) is 8. The first kappa shape index (κ1) is 26.6. The molecule has 0 bridgehead atoms. The van der Waals surface area contributed by atoms with Crippen LogP contribution < -0.4 is 5.32 Å². The van der Waals surface area contributed by atoms with E-state index in [4.69, 9.17) is 16.3 Å². The van der Waals surface area contributed by atoms with Crippen LogP contribution in [0.2, 0.25) is 5.02 Å². The van der Waals surface area contributed by atoms with E-state index in [0.29, 0.717) is 50.2 Å². The molecule has 4 aromatic rings. The first-order valence-corrected chi connectivity index (χ1v) is 13.8. The third-order valence-electron chi connectivity index (χ3n) is 7.92. The number of pyridine rings is 1. The van der Waals surface area contributed by atoms with Crippen molar-refractivity contribution in [2.24, 2.45) is 0 Å². The summed E-state index contributed by atoms with van der Waals surface area (Å²) in [7, 11) is 0. The van der Waals surface area contributed by atoms with Crippen LogP contribution in [-0.2, 0) is 9.53 Å². The van der Waals surface area contributed by atoms with Crippen LogP contribution in [0.3, 0.4) is 0 Å². The van der Waals surface area contributed by atoms with E-state index in [1.807, 2.05) is 0 Å². The Morgan fingerprint density at radius 3 is 2.79 bits per heavy atom. The van der Waals surface area contributed by atoms with Gasteiger partial charge >= 0.3 is 0 Å². The Hall–Kier alpha value is -4.30. The van der Waals surface area contributed by atoms with Crippen molar-refractivity contribution in [3.63, 3.8) is 0 Å². The lowest BCUT2D eigenvalue weighted by molar-refractivity contribution is -0.129. The molecule has 2 saturated heterocycles. The Balaban J connectivity index is 1.18. The lowest BCUT2D eigenvalue weighted by atomic mass is 9.92. The molecule has 3 aliphatic rings. The first-order chi connectivity index (χ1) is 20.4. The lowest BCUT2D eigenvalue weighted by Crippen LogP contribution is -2.39. The SMILES string of the molecule is O=C1C=C(c2c(-n3cnnn3)ccc(Cl)c2F)CC2CC[C@H](c3nc(F)c(-c4ccnc(N[C@H]5CCOC5)c4F)[nH]3)N12. The van der Waals surface area contributed by atoms with Crippen LogP contribution in [0.5, 0.6) is 0 Å². The summed E-state index contributed by atoms with van der Waals surface area (Å²) in [6, 6.07) is 3.38. The molecule has 1 aromatic carbocycles. The molecule has 1 amide bonds. The number of nitrogens with one attached hydrogen (secondary N) is 2. The number of rotatable bonds is 6. The fourth-order valence-electron chi connectivity index (χ4n) is 5.99. The van der Waals surface area contributed by atoms with E-state index < -0.39 is 23.6 Å². The highest BCUT2D eigenvalue weighted by atomic mass is 35.5. The van der Waals surface area contributed by atoms with Crippen molar-refractivity contribution in [3.05, 3.63) is 70.8 Å². The van der Waals surface area contributed by atoms with Crippen molar-refractivity contribution in [1.29, 1.82) is 0 Å². The van der Waals surface area contributed by atoms with E-state index >= 15 is 13.2 Å². The van der Waals surface area contributed by atoms with Crippen molar-refractivity contribution >= 4 is 28.9 Å². The number of benzene rings is 1. The number of imidazole rings is 1. The summed E-state index contributed by atoms with van der Waals surface area (Å²) in [6.07, 6.45) is 6.14. The van der Waals surface area contributed by atoms with Crippen LogP contribution in [0, 0.1) is 17.6 Å². The molecule has 0 aliphatic carbocycles. The predicted octanol–water partition coefficient (Wildman–Crippen LogP) is 4.24. The van der Waals surface area contributed by atoms with Gasteiger partial charge in [-0.3, -0.25) is 4.79 Å². The van der Waals surface area contributed by atoms with Crippen molar-refractivity contribution < 1.29 is 22.7 Å². The minimum atomic E-state index is -0.888. The van der Waals surface area contributed by atoms with Gasteiger partial charge in [-0.2, -0.15) is 9.07 Å². The van der Waals surface area contributed by atoms with Gasteiger partial charge in [-0.15, -0.1) is 5.10 Å². The monoisotopic (exact) mass is 597 g/mol. The van der Waals surface area contributed by atoms with Gasteiger partial charge in [-0.05, 0) is 59.9 Å². The molecule has 3 atom stereocenters. The zero-order valence-corrected chi connectivity index (χ0v) is 22.7. The maximum atomic E-state index is 15.4. The Morgan fingerprint density at radius 2 is 2.00 bits per heavy atom. The van der Waals surface area contributed by atoms with E-state index in [1.54, 1.807) is 11.0 Å². The Morgan fingerprint density at radius 1 is 1.12 bits per heavy atom. The molecular weight excluding hydrogens is 575 g/mol. The molecule has 6 heterocycles. The van der Waals surface area contributed by atoms with Gasteiger partial charge in [0, 0.05) is 36.0 Å². The highest BCUT2D eigenvalue weighted by Crippen LogP contribution is 2.44. The zero-order chi connectivity index (χ0) is 29.0. The summed E-state index contributed by atoms with van der Waals surface area (Å²) >= 11 is 6.10. The van der Waals surface area contributed by atoms with Crippen molar-refractivity contribution in [2.75, 3.05) is 18.5 Å². The molecule has 2 fully saturated rings. The number of carbonyl (C=O) groups is 1. The molecule has 0 radical (unpaired) electrons. The molecular formula is C27H23ClF3N9O2. The third-order valence-corrected chi connectivity index (χ3v) is 8.21. The Kier molecular flexibility index (Phi) is 6.66. The van der Waals surface area contributed by atoms with Crippen molar-refractivity contribution in [1.82, 2.24) is 40.1 Å². The summed E-state index contributed by atoms with van der Waals surface area (Å²) in [5.41, 5.74) is 0.766. The summed E-state index contributed by atoms with van der Waals surface area (Å²) in [5, 5.41) is 14.0. The second-order valence-corrected chi connectivity index (χ2v) is 10.8. The second kappa shape index (κ2) is 10.5. The minimum Gasteiger partial charge on any atom is -0.379 e. The minimum absolute atomic E-state index is 0.00218. The number of carbonyl (C=O) groups excluding carboxylic acids is 1. The van der Waals surface area contributed by atoms with Crippen molar-refractivity contribution in [3.8, 4) is 16.9 Å².